The Morgan fingerprint density at radius 1 is 1.38 bits per heavy atom. The van der Waals surface area contributed by atoms with Gasteiger partial charge in [-0.05, 0) is 18.9 Å². The highest BCUT2D eigenvalue weighted by molar-refractivity contribution is 5.96. The maximum atomic E-state index is 11.9. The van der Waals surface area contributed by atoms with E-state index in [2.05, 4.69) is 11.8 Å². The smallest absolute Gasteiger partial charge is 0.164 e. The van der Waals surface area contributed by atoms with E-state index in [4.69, 9.17) is 0 Å². The molecule has 16 heavy (non-hydrogen) atoms. The zero-order chi connectivity index (χ0) is 11.4. The average Bonchev–Trinajstić information content (AvgIpc) is 2.73. The van der Waals surface area contributed by atoms with Crippen LogP contribution in [0.1, 0.15) is 30.1 Å². The first-order chi connectivity index (χ1) is 7.75. The standard InChI is InChI=1S/C14H19NO/c1-12-7-9-15(11-12)10-8-14(16)13-5-3-2-4-6-13/h2-6,12H,7-11H2,1H3. The van der Waals surface area contributed by atoms with Crippen molar-refractivity contribution >= 4 is 5.78 Å². The van der Waals surface area contributed by atoms with E-state index in [1.54, 1.807) is 0 Å². The van der Waals surface area contributed by atoms with Crippen LogP contribution in [0.4, 0.5) is 0 Å². The van der Waals surface area contributed by atoms with Crippen molar-refractivity contribution in [2.24, 2.45) is 5.92 Å². The minimum absolute atomic E-state index is 0.264. The Balaban J connectivity index is 1.80. The molecule has 0 spiro atoms. The molecule has 1 unspecified atom stereocenters. The maximum absolute atomic E-state index is 11.9. The monoisotopic (exact) mass is 217 g/mol. The first-order valence-corrected chi connectivity index (χ1v) is 6.06. The summed E-state index contributed by atoms with van der Waals surface area (Å²) in [6.45, 7) is 5.50. The fourth-order valence-electron chi connectivity index (χ4n) is 2.26. The van der Waals surface area contributed by atoms with Crippen LogP contribution < -0.4 is 0 Å². The molecule has 0 radical (unpaired) electrons. The van der Waals surface area contributed by atoms with Crippen LogP contribution in [0.15, 0.2) is 30.3 Å². The molecule has 0 bridgehead atoms. The third-order valence-corrected chi connectivity index (χ3v) is 3.26. The summed E-state index contributed by atoms with van der Waals surface area (Å²) < 4.78 is 0. The number of Topliss-reactive ketones (excluding diaryl/α,β-unsaturated/α-hetero) is 1. The van der Waals surface area contributed by atoms with Gasteiger partial charge in [-0.25, -0.2) is 0 Å². The van der Waals surface area contributed by atoms with Crippen LogP contribution in [0.5, 0.6) is 0 Å². The Hall–Kier alpha value is -1.15. The minimum Gasteiger partial charge on any atom is -0.303 e. The number of hydrogen-bond acceptors (Lipinski definition) is 2. The Morgan fingerprint density at radius 2 is 2.12 bits per heavy atom. The predicted molar refractivity (Wildman–Crippen MR) is 65.6 cm³/mol. The Kier molecular flexibility index (Phi) is 3.73. The van der Waals surface area contributed by atoms with Gasteiger partial charge in [0, 0.05) is 25.1 Å². The normalized spacial score (nSPS) is 21.2. The second kappa shape index (κ2) is 5.26. The van der Waals surface area contributed by atoms with E-state index in [1.165, 1.54) is 6.42 Å². The van der Waals surface area contributed by atoms with Crippen molar-refractivity contribution in [3.8, 4) is 0 Å². The van der Waals surface area contributed by atoms with Crippen LogP contribution >= 0.6 is 0 Å². The predicted octanol–water partition coefficient (Wildman–Crippen LogP) is 2.60. The molecule has 1 aliphatic heterocycles. The molecule has 1 heterocycles. The van der Waals surface area contributed by atoms with Crippen LogP contribution in [-0.2, 0) is 0 Å². The SMILES string of the molecule is CC1CCN(CCC(=O)c2ccccc2)C1. The van der Waals surface area contributed by atoms with Crippen molar-refractivity contribution in [1.82, 2.24) is 4.90 Å². The van der Waals surface area contributed by atoms with Crippen LogP contribution in [0.2, 0.25) is 0 Å². The van der Waals surface area contributed by atoms with Gasteiger partial charge in [0.1, 0.15) is 0 Å². The molecule has 0 saturated carbocycles. The van der Waals surface area contributed by atoms with E-state index in [9.17, 15) is 4.79 Å². The molecule has 86 valence electrons. The van der Waals surface area contributed by atoms with Gasteiger partial charge in [0.05, 0.1) is 0 Å². The van der Waals surface area contributed by atoms with Gasteiger partial charge in [-0.1, -0.05) is 37.3 Å². The number of ketones is 1. The highest BCUT2D eigenvalue weighted by Crippen LogP contribution is 2.15. The number of carbonyl (C=O) groups excluding carboxylic acids is 1. The summed E-state index contributed by atoms with van der Waals surface area (Å²) in [6.07, 6.45) is 1.93. The summed E-state index contributed by atoms with van der Waals surface area (Å²) in [4.78, 5) is 14.3. The lowest BCUT2D eigenvalue weighted by atomic mass is 10.1. The van der Waals surface area contributed by atoms with Gasteiger partial charge in [-0.15, -0.1) is 0 Å². The van der Waals surface area contributed by atoms with Crippen molar-refractivity contribution in [3.05, 3.63) is 35.9 Å². The van der Waals surface area contributed by atoms with Crippen molar-refractivity contribution in [3.63, 3.8) is 0 Å². The zero-order valence-electron chi connectivity index (χ0n) is 9.86. The third-order valence-electron chi connectivity index (χ3n) is 3.26. The highest BCUT2D eigenvalue weighted by atomic mass is 16.1. The molecular weight excluding hydrogens is 198 g/mol. The van der Waals surface area contributed by atoms with Gasteiger partial charge in [-0.2, -0.15) is 0 Å². The molecule has 1 aromatic carbocycles. The van der Waals surface area contributed by atoms with Crippen LogP contribution in [0.25, 0.3) is 0 Å². The molecule has 0 amide bonds. The molecule has 2 nitrogen and oxygen atoms in total. The average molecular weight is 217 g/mol. The summed E-state index contributed by atoms with van der Waals surface area (Å²) in [6, 6.07) is 9.58. The van der Waals surface area contributed by atoms with Crippen LogP contribution in [-0.4, -0.2) is 30.3 Å². The van der Waals surface area contributed by atoms with Gasteiger partial charge in [0.15, 0.2) is 5.78 Å². The quantitative estimate of drug-likeness (QED) is 0.722. The second-order valence-corrected chi connectivity index (χ2v) is 4.73. The Bertz CT molecular complexity index is 347. The number of rotatable bonds is 4. The number of nitrogens with zero attached hydrogens (tertiary/aromatic N) is 1. The summed E-state index contributed by atoms with van der Waals surface area (Å²) in [7, 11) is 0. The number of likely N-dealkylation sites (tertiary alicyclic amines) is 1. The zero-order valence-corrected chi connectivity index (χ0v) is 9.86. The molecule has 0 aromatic heterocycles. The van der Waals surface area contributed by atoms with E-state index in [1.807, 2.05) is 30.3 Å². The van der Waals surface area contributed by atoms with Crippen LogP contribution in [0, 0.1) is 5.92 Å². The lowest BCUT2D eigenvalue weighted by Gasteiger charge is -2.14. The van der Waals surface area contributed by atoms with Gasteiger partial charge < -0.3 is 4.90 Å². The van der Waals surface area contributed by atoms with Gasteiger partial charge in [0.25, 0.3) is 0 Å². The fourth-order valence-corrected chi connectivity index (χ4v) is 2.26. The Labute approximate surface area is 97.3 Å². The summed E-state index contributed by atoms with van der Waals surface area (Å²) in [5.41, 5.74) is 0.842. The molecule has 2 heteroatoms. The summed E-state index contributed by atoms with van der Waals surface area (Å²) >= 11 is 0. The Morgan fingerprint density at radius 3 is 2.75 bits per heavy atom. The molecule has 2 rings (SSSR count). The van der Waals surface area contributed by atoms with Crippen molar-refractivity contribution in [1.29, 1.82) is 0 Å². The molecule has 1 aliphatic rings. The van der Waals surface area contributed by atoms with Crippen molar-refractivity contribution in [2.45, 2.75) is 19.8 Å². The highest BCUT2D eigenvalue weighted by Gasteiger charge is 2.18. The van der Waals surface area contributed by atoms with Crippen LogP contribution in [0.3, 0.4) is 0 Å². The molecular formula is C14H19NO. The maximum Gasteiger partial charge on any atom is 0.164 e. The molecule has 0 aliphatic carbocycles. The minimum atomic E-state index is 0.264. The molecule has 0 N–H and O–H groups in total. The molecule has 1 aromatic rings. The lowest BCUT2D eigenvalue weighted by molar-refractivity contribution is 0.0968. The topological polar surface area (TPSA) is 20.3 Å². The number of benzene rings is 1. The first-order valence-electron chi connectivity index (χ1n) is 6.06. The van der Waals surface area contributed by atoms with E-state index < -0.39 is 0 Å². The molecule has 1 atom stereocenters. The van der Waals surface area contributed by atoms with E-state index in [0.29, 0.717) is 6.42 Å². The number of hydrogen-bond donors (Lipinski definition) is 0. The van der Waals surface area contributed by atoms with Gasteiger partial charge in [0.2, 0.25) is 0 Å². The van der Waals surface area contributed by atoms with E-state index in [-0.39, 0.29) is 5.78 Å². The van der Waals surface area contributed by atoms with Crippen molar-refractivity contribution in [2.75, 3.05) is 19.6 Å². The third kappa shape index (κ3) is 2.92. The summed E-state index contributed by atoms with van der Waals surface area (Å²) in [5, 5.41) is 0. The molecule has 1 saturated heterocycles. The number of carbonyl (C=O) groups is 1. The molecule has 1 fully saturated rings. The summed E-state index contributed by atoms with van der Waals surface area (Å²) in [5.74, 6) is 1.06. The van der Waals surface area contributed by atoms with Gasteiger partial charge >= 0.3 is 0 Å². The lowest BCUT2D eigenvalue weighted by Crippen LogP contribution is -2.23. The first kappa shape index (κ1) is 11.3. The fraction of sp³-hybridized carbons (Fsp3) is 0.500. The van der Waals surface area contributed by atoms with Gasteiger partial charge in [-0.3, -0.25) is 4.79 Å². The van der Waals surface area contributed by atoms with Crippen molar-refractivity contribution < 1.29 is 4.79 Å². The largest absolute Gasteiger partial charge is 0.303 e. The second-order valence-electron chi connectivity index (χ2n) is 4.73. The van der Waals surface area contributed by atoms with E-state index in [0.717, 1.165) is 31.1 Å². The van der Waals surface area contributed by atoms with E-state index >= 15 is 0 Å².